The van der Waals surface area contributed by atoms with Crippen molar-refractivity contribution in [3.8, 4) is 5.75 Å². The summed E-state index contributed by atoms with van der Waals surface area (Å²) < 4.78 is 5.08. The molecule has 22 heavy (non-hydrogen) atoms. The highest BCUT2D eigenvalue weighted by Crippen LogP contribution is 2.16. The van der Waals surface area contributed by atoms with E-state index in [0.717, 1.165) is 0 Å². The molecule has 0 atom stereocenters. The number of nitrogens with two attached hydrogens (primary N) is 1. The van der Waals surface area contributed by atoms with Gasteiger partial charge in [0, 0.05) is 24.3 Å². The van der Waals surface area contributed by atoms with Crippen LogP contribution in [0.5, 0.6) is 5.75 Å². The minimum absolute atomic E-state index is 0.0670. The molecule has 0 aliphatic carbocycles. The number of anilines is 2. The third kappa shape index (κ3) is 3.25. The lowest BCUT2D eigenvalue weighted by molar-refractivity contribution is 0.0955. The Labute approximate surface area is 126 Å². The molecule has 2 rings (SSSR count). The largest absolute Gasteiger partial charge is 0.488 e. The number of ether oxygens (including phenoxy) is 1. The van der Waals surface area contributed by atoms with Crippen molar-refractivity contribution in [3.05, 3.63) is 50.3 Å². The van der Waals surface area contributed by atoms with E-state index in [1.54, 1.807) is 31.2 Å². The van der Waals surface area contributed by atoms with Gasteiger partial charge in [0.05, 0.1) is 6.61 Å². The summed E-state index contributed by atoms with van der Waals surface area (Å²) in [5, 5.41) is 5.49. The van der Waals surface area contributed by atoms with Crippen LogP contribution < -0.4 is 32.0 Å². The average Bonchev–Trinajstić information content (AvgIpc) is 2.53. The highest BCUT2D eigenvalue weighted by molar-refractivity contribution is 5.94. The van der Waals surface area contributed by atoms with Gasteiger partial charge in [-0.2, -0.15) is 0 Å². The Kier molecular flexibility index (Phi) is 4.77. The van der Waals surface area contributed by atoms with Crippen LogP contribution >= 0.6 is 0 Å². The van der Waals surface area contributed by atoms with Gasteiger partial charge in [-0.15, -0.1) is 0 Å². The van der Waals surface area contributed by atoms with E-state index in [2.05, 4.69) is 10.6 Å². The van der Waals surface area contributed by atoms with Crippen LogP contribution in [-0.4, -0.2) is 25.6 Å². The Balaban J connectivity index is 1.81. The van der Waals surface area contributed by atoms with Crippen molar-refractivity contribution in [3.63, 3.8) is 0 Å². The SMILES string of the molecule is CCOc1c(NCCNC(=O)c2ccc(N)cc2)c(=O)c1=O. The first-order valence-electron chi connectivity index (χ1n) is 6.88. The molecule has 4 N–H and O–H groups in total. The molecule has 0 fully saturated rings. The lowest BCUT2D eigenvalue weighted by Gasteiger charge is -2.13. The molecule has 0 aliphatic heterocycles. The molecule has 0 bridgehead atoms. The Morgan fingerprint density at radius 1 is 1.14 bits per heavy atom. The molecule has 0 saturated carbocycles. The van der Waals surface area contributed by atoms with Crippen LogP contribution in [0.1, 0.15) is 17.3 Å². The number of amides is 1. The average molecular weight is 303 g/mol. The molecule has 1 amide bonds. The molecule has 2 aromatic carbocycles. The quantitative estimate of drug-likeness (QED) is 0.380. The maximum atomic E-state index is 11.8. The Morgan fingerprint density at radius 3 is 2.45 bits per heavy atom. The van der Waals surface area contributed by atoms with Crippen molar-refractivity contribution >= 4 is 17.3 Å². The van der Waals surface area contributed by atoms with E-state index in [4.69, 9.17) is 10.5 Å². The van der Waals surface area contributed by atoms with Crippen molar-refractivity contribution in [2.45, 2.75) is 6.92 Å². The van der Waals surface area contributed by atoms with Gasteiger partial charge >= 0.3 is 0 Å². The topological polar surface area (TPSA) is 111 Å². The second-order valence-electron chi connectivity index (χ2n) is 4.60. The van der Waals surface area contributed by atoms with Gasteiger partial charge in [0.25, 0.3) is 16.8 Å². The van der Waals surface area contributed by atoms with Gasteiger partial charge in [-0.05, 0) is 31.2 Å². The van der Waals surface area contributed by atoms with Gasteiger partial charge < -0.3 is 21.1 Å². The molecular weight excluding hydrogens is 286 g/mol. The van der Waals surface area contributed by atoms with Crippen LogP contribution in [0, 0.1) is 0 Å². The summed E-state index contributed by atoms with van der Waals surface area (Å²) in [6, 6.07) is 6.54. The normalized spacial score (nSPS) is 10.4. The molecule has 0 aromatic heterocycles. The minimum Gasteiger partial charge on any atom is -0.488 e. The molecule has 2 aromatic rings. The van der Waals surface area contributed by atoms with Crippen LogP contribution in [0.15, 0.2) is 33.9 Å². The molecular formula is C15H17N3O4. The fraction of sp³-hybridized carbons (Fsp3) is 0.267. The van der Waals surface area contributed by atoms with Crippen molar-refractivity contribution in [2.75, 3.05) is 30.7 Å². The second kappa shape index (κ2) is 6.75. The van der Waals surface area contributed by atoms with E-state index in [1.807, 2.05) is 0 Å². The highest BCUT2D eigenvalue weighted by atomic mass is 16.5. The molecule has 7 heteroatoms. The van der Waals surface area contributed by atoms with Crippen LogP contribution in [0.4, 0.5) is 11.4 Å². The zero-order valence-corrected chi connectivity index (χ0v) is 12.1. The fourth-order valence-corrected chi connectivity index (χ4v) is 1.91. The lowest BCUT2D eigenvalue weighted by atomic mass is 10.2. The third-order valence-corrected chi connectivity index (χ3v) is 3.04. The van der Waals surface area contributed by atoms with Gasteiger partial charge in [-0.25, -0.2) is 0 Å². The lowest BCUT2D eigenvalue weighted by Crippen LogP contribution is -2.37. The summed E-state index contributed by atoms with van der Waals surface area (Å²) >= 11 is 0. The molecule has 0 saturated heterocycles. The number of rotatable bonds is 7. The standard InChI is InChI=1S/C15H17N3O4/c1-2-22-14-11(12(19)13(14)20)17-7-8-18-15(21)9-3-5-10(16)6-4-9/h3-6,17H,2,7-8,16H2,1H3,(H,18,21). The van der Waals surface area contributed by atoms with Crippen LogP contribution in [0.25, 0.3) is 0 Å². The Bertz CT molecular complexity index is 730. The van der Waals surface area contributed by atoms with Crippen molar-refractivity contribution in [1.82, 2.24) is 5.32 Å². The van der Waals surface area contributed by atoms with Gasteiger partial charge in [-0.3, -0.25) is 14.4 Å². The number of carbonyl (C=O) groups excluding carboxylic acids is 1. The molecule has 7 nitrogen and oxygen atoms in total. The maximum Gasteiger partial charge on any atom is 0.272 e. The molecule has 0 aliphatic rings. The van der Waals surface area contributed by atoms with Crippen molar-refractivity contribution < 1.29 is 9.53 Å². The summed E-state index contributed by atoms with van der Waals surface area (Å²) in [5.41, 5.74) is 5.60. The van der Waals surface area contributed by atoms with Gasteiger partial charge in [-0.1, -0.05) is 0 Å². The van der Waals surface area contributed by atoms with E-state index in [9.17, 15) is 14.4 Å². The molecule has 0 radical (unpaired) electrons. The summed E-state index contributed by atoms with van der Waals surface area (Å²) in [4.78, 5) is 34.5. The number of benzene rings is 1. The second-order valence-corrected chi connectivity index (χ2v) is 4.60. The first-order valence-corrected chi connectivity index (χ1v) is 6.88. The van der Waals surface area contributed by atoms with Crippen molar-refractivity contribution in [1.29, 1.82) is 0 Å². The number of nitrogen functional groups attached to an aromatic ring is 1. The predicted molar refractivity (Wildman–Crippen MR) is 84.2 cm³/mol. The summed E-state index contributed by atoms with van der Waals surface area (Å²) in [6.45, 7) is 2.65. The van der Waals surface area contributed by atoms with Crippen LogP contribution in [0.2, 0.25) is 0 Å². The first kappa shape index (κ1) is 15.6. The first-order chi connectivity index (χ1) is 10.5. The van der Waals surface area contributed by atoms with Gasteiger partial charge in [0.2, 0.25) is 0 Å². The zero-order valence-electron chi connectivity index (χ0n) is 12.1. The monoisotopic (exact) mass is 303 g/mol. The number of hydrogen-bond acceptors (Lipinski definition) is 6. The fourth-order valence-electron chi connectivity index (χ4n) is 1.91. The maximum absolute atomic E-state index is 11.8. The molecule has 0 spiro atoms. The number of nitrogens with one attached hydrogen (secondary N) is 2. The van der Waals surface area contributed by atoms with E-state index in [1.165, 1.54) is 0 Å². The van der Waals surface area contributed by atoms with Crippen molar-refractivity contribution in [2.24, 2.45) is 0 Å². The van der Waals surface area contributed by atoms with Gasteiger partial charge in [0.15, 0.2) is 5.75 Å². The smallest absolute Gasteiger partial charge is 0.272 e. The molecule has 0 unspecified atom stereocenters. The predicted octanol–water partition coefficient (Wildman–Crippen LogP) is 0.105. The van der Waals surface area contributed by atoms with Gasteiger partial charge in [0.1, 0.15) is 5.69 Å². The van der Waals surface area contributed by atoms with E-state index < -0.39 is 10.9 Å². The van der Waals surface area contributed by atoms with E-state index >= 15 is 0 Å². The summed E-state index contributed by atoms with van der Waals surface area (Å²) in [5.74, 6) is -0.172. The zero-order chi connectivity index (χ0) is 16.1. The Morgan fingerprint density at radius 2 is 1.82 bits per heavy atom. The summed E-state index contributed by atoms with van der Waals surface area (Å²) in [6.07, 6.45) is 0. The number of carbonyl (C=O) groups is 1. The molecule has 116 valence electrons. The van der Waals surface area contributed by atoms with Crippen LogP contribution in [0.3, 0.4) is 0 Å². The number of hydrogen-bond donors (Lipinski definition) is 3. The minimum atomic E-state index is -0.616. The third-order valence-electron chi connectivity index (χ3n) is 3.04. The summed E-state index contributed by atoms with van der Waals surface area (Å²) in [7, 11) is 0. The molecule has 0 heterocycles. The Hall–Kier alpha value is -2.83. The van der Waals surface area contributed by atoms with E-state index in [0.29, 0.717) is 30.9 Å². The van der Waals surface area contributed by atoms with E-state index in [-0.39, 0.29) is 17.3 Å². The highest BCUT2D eigenvalue weighted by Gasteiger charge is 2.21. The van der Waals surface area contributed by atoms with Crippen LogP contribution in [-0.2, 0) is 0 Å².